The van der Waals surface area contributed by atoms with E-state index >= 15 is 0 Å². The highest BCUT2D eigenvalue weighted by molar-refractivity contribution is 5.26. The first-order valence-corrected chi connectivity index (χ1v) is 4.91. The average Bonchev–Trinajstić information content (AvgIpc) is 2.66. The van der Waals surface area contributed by atoms with E-state index in [0.717, 1.165) is 31.4 Å². The largest absolute Gasteiger partial charge is 0.480 e. The summed E-state index contributed by atoms with van der Waals surface area (Å²) in [6.07, 6.45) is 7.57. The normalized spacial score (nSPS) is 19.6. The molecule has 76 valence electrons. The molecule has 1 heterocycles. The molecule has 1 aliphatic carbocycles. The van der Waals surface area contributed by atoms with E-state index in [4.69, 9.17) is 10.5 Å². The van der Waals surface area contributed by atoms with Gasteiger partial charge in [-0.3, -0.25) is 4.98 Å². The van der Waals surface area contributed by atoms with Gasteiger partial charge < -0.3 is 10.5 Å². The minimum Gasteiger partial charge on any atom is -0.480 e. The van der Waals surface area contributed by atoms with E-state index in [1.165, 1.54) is 0 Å². The molecule has 0 bridgehead atoms. The summed E-state index contributed by atoms with van der Waals surface area (Å²) in [6, 6.07) is 0. The highest BCUT2D eigenvalue weighted by Crippen LogP contribution is 2.38. The molecule has 0 unspecified atom stereocenters. The summed E-state index contributed by atoms with van der Waals surface area (Å²) < 4.78 is 5.17. The molecule has 14 heavy (non-hydrogen) atoms. The van der Waals surface area contributed by atoms with Gasteiger partial charge in [0.25, 0.3) is 0 Å². The van der Waals surface area contributed by atoms with Crippen LogP contribution in [0.4, 0.5) is 0 Å². The third-order valence-corrected chi connectivity index (χ3v) is 2.83. The molecule has 0 aromatic carbocycles. The topological polar surface area (TPSA) is 61.0 Å². The lowest BCUT2D eigenvalue weighted by Gasteiger charge is -2.23. The summed E-state index contributed by atoms with van der Waals surface area (Å²) in [5.74, 6) is 0.567. The van der Waals surface area contributed by atoms with Gasteiger partial charge in [-0.1, -0.05) is 12.8 Å². The van der Waals surface area contributed by atoms with Crippen LogP contribution in [0.2, 0.25) is 0 Å². The van der Waals surface area contributed by atoms with E-state index in [2.05, 4.69) is 9.97 Å². The molecule has 2 N–H and O–H groups in total. The van der Waals surface area contributed by atoms with Crippen molar-refractivity contribution in [3.05, 3.63) is 18.1 Å². The van der Waals surface area contributed by atoms with Crippen LogP contribution in [0.25, 0.3) is 0 Å². The maximum Gasteiger partial charge on any atom is 0.237 e. The standard InChI is InChI=1S/C10H15N3O/c1-14-9-8(12-6-7-13-9)10(11)4-2-3-5-10/h6-7H,2-5,11H2,1H3. The Labute approximate surface area is 83.5 Å². The fourth-order valence-corrected chi connectivity index (χ4v) is 2.06. The summed E-state index contributed by atoms with van der Waals surface area (Å²) in [5.41, 5.74) is 6.76. The number of nitrogens with two attached hydrogens (primary N) is 1. The van der Waals surface area contributed by atoms with Crippen molar-refractivity contribution < 1.29 is 4.74 Å². The fraction of sp³-hybridized carbons (Fsp3) is 0.600. The average molecular weight is 193 g/mol. The molecular weight excluding hydrogens is 178 g/mol. The number of aromatic nitrogens is 2. The molecule has 0 spiro atoms. The van der Waals surface area contributed by atoms with Gasteiger partial charge in [0.05, 0.1) is 12.6 Å². The molecule has 0 atom stereocenters. The summed E-state index contributed by atoms with van der Waals surface area (Å²) >= 11 is 0. The van der Waals surface area contributed by atoms with E-state index in [0.29, 0.717) is 5.88 Å². The van der Waals surface area contributed by atoms with Crippen molar-refractivity contribution in [2.24, 2.45) is 5.73 Å². The van der Waals surface area contributed by atoms with Gasteiger partial charge in [-0.15, -0.1) is 0 Å². The lowest BCUT2D eigenvalue weighted by atomic mass is 9.95. The minimum atomic E-state index is -0.320. The quantitative estimate of drug-likeness (QED) is 0.767. The summed E-state index contributed by atoms with van der Waals surface area (Å²) in [6.45, 7) is 0. The zero-order valence-corrected chi connectivity index (χ0v) is 8.36. The van der Waals surface area contributed by atoms with Gasteiger partial charge in [0.1, 0.15) is 5.69 Å². The maximum atomic E-state index is 6.27. The van der Waals surface area contributed by atoms with Crippen LogP contribution in [-0.2, 0) is 5.54 Å². The molecular formula is C10H15N3O. The molecule has 0 aliphatic heterocycles. The van der Waals surface area contributed by atoms with Crippen LogP contribution >= 0.6 is 0 Å². The predicted molar refractivity (Wildman–Crippen MR) is 52.9 cm³/mol. The van der Waals surface area contributed by atoms with Gasteiger partial charge in [0.15, 0.2) is 0 Å². The van der Waals surface area contributed by atoms with E-state index < -0.39 is 0 Å². The Bertz CT molecular complexity index is 321. The van der Waals surface area contributed by atoms with E-state index in [-0.39, 0.29) is 5.54 Å². The Kier molecular flexibility index (Phi) is 2.37. The molecule has 1 aromatic rings. The summed E-state index contributed by atoms with van der Waals surface area (Å²) in [7, 11) is 1.60. The molecule has 4 heteroatoms. The number of hydrogen-bond donors (Lipinski definition) is 1. The molecule has 2 rings (SSSR count). The van der Waals surface area contributed by atoms with E-state index in [9.17, 15) is 0 Å². The highest BCUT2D eigenvalue weighted by atomic mass is 16.5. The molecule has 0 saturated heterocycles. The van der Waals surface area contributed by atoms with Crippen LogP contribution in [-0.4, -0.2) is 17.1 Å². The summed E-state index contributed by atoms with van der Waals surface area (Å²) in [5, 5.41) is 0. The van der Waals surface area contributed by atoms with Gasteiger partial charge in [0, 0.05) is 12.4 Å². The number of hydrogen-bond acceptors (Lipinski definition) is 4. The number of rotatable bonds is 2. The van der Waals surface area contributed by atoms with Gasteiger partial charge in [-0.2, -0.15) is 0 Å². The molecule has 4 nitrogen and oxygen atoms in total. The van der Waals surface area contributed by atoms with Crippen molar-refractivity contribution in [2.75, 3.05) is 7.11 Å². The Morgan fingerprint density at radius 1 is 1.29 bits per heavy atom. The van der Waals surface area contributed by atoms with Gasteiger partial charge >= 0.3 is 0 Å². The van der Waals surface area contributed by atoms with Crippen LogP contribution in [0, 0.1) is 0 Å². The Balaban J connectivity index is 2.39. The number of nitrogens with zero attached hydrogens (tertiary/aromatic N) is 2. The first kappa shape index (κ1) is 9.40. The minimum absolute atomic E-state index is 0.320. The van der Waals surface area contributed by atoms with Crippen molar-refractivity contribution in [1.29, 1.82) is 0 Å². The highest BCUT2D eigenvalue weighted by Gasteiger charge is 2.35. The lowest BCUT2D eigenvalue weighted by molar-refractivity contribution is 0.356. The maximum absolute atomic E-state index is 6.27. The molecule has 1 aromatic heterocycles. The zero-order chi connectivity index (χ0) is 10.0. The summed E-state index contributed by atoms with van der Waals surface area (Å²) in [4.78, 5) is 8.41. The van der Waals surface area contributed by atoms with Crippen molar-refractivity contribution in [3.63, 3.8) is 0 Å². The molecule has 0 radical (unpaired) electrons. The second-order valence-electron chi connectivity index (χ2n) is 3.78. The van der Waals surface area contributed by atoms with Gasteiger partial charge in [-0.25, -0.2) is 4.98 Å². The first-order valence-electron chi connectivity index (χ1n) is 4.91. The number of ether oxygens (including phenoxy) is 1. The Morgan fingerprint density at radius 2 is 1.93 bits per heavy atom. The van der Waals surface area contributed by atoms with Crippen molar-refractivity contribution in [1.82, 2.24) is 9.97 Å². The smallest absolute Gasteiger partial charge is 0.237 e. The van der Waals surface area contributed by atoms with Crippen molar-refractivity contribution in [3.8, 4) is 5.88 Å². The third kappa shape index (κ3) is 1.46. The first-order chi connectivity index (χ1) is 6.76. The second-order valence-corrected chi connectivity index (χ2v) is 3.78. The van der Waals surface area contributed by atoms with Crippen LogP contribution in [0.3, 0.4) is 0 Å². The Morgan fingerprint density at radius 3 is 2.57 bits per heavy atom. The van der Waals surface area contributed by atoms with E-state index in [1.54, 1.807) is 19.5 Å². The van der Waals surface area contributed by atoms with Crippen LogP contribution < -0.4 is 10.5 Å². The predicted octanol–water partition coefficient (Wildman–Crippen LogP) is 1.21. The molecule has 1 aliphatic rings. The fourth-order valence-electron chi connectivity index (χ4n) is 2.06. The zero-order valence-electron chi connectivity index (χ0n) is 8.36. The molecule has 0 amide bonds. The van der Waals surface area contributed by atoms with Crippen LogP contribution in [0.15, 0.2) is 12.4 Å². The molecule has 1 fully saturated rings. The van der Waals surface area contributed by atoms with Crippen LogP contribution in [0.5, 0.6) is 5.88 Å². The monoisotopic (exact) mass is 193 g/mol. The number of methoxy groups -OCH3 is 1. The second kappa shape index (κ2) is 3.53. The lowest BCUT2D eigenvalue weighted by Crippen LogP contribution is -2.34. The molecule has 1 saturated carbocycles. The van der Waals surface area contributed by atoms with Crippen molar-refractivity contribution in [2.45, 2.75) is 31.2 Å². The van der Waals surface area contributed by atoms with E-state index in [1.807, 2.05) is 0 Å². The Hall–Kier alpha value is -1.16. The van der Waals surface area contributed by atoms with Crippen molar-refractivity contribution >= 4 is 0 Å². The third-order valence-electron chi connectivity index (χ3n) is 2.83. The van der Waals surface area contributed by atoms with Gasteiger partial charge in [-0.05, 0) is 12.8 Å². The SMILES string of the molecule is COc1nccnc1C1(N)CCCC1. The van der Waals surface area contributed by atoms with Gasteiger partial charge in [0.2, 0.25) is 5.88 Å². The van der Waals surface area contributed by atoms with Crippen LogP contribution in [0.1, 0.15) is 31.4 Å².